The number of aryl methyl sites for hydroxylation is 3. The molecule has 0 amide bonds. The minimum atomic E-state index is -3.63. The summed E-state index contributed by atoms with van der Waals surface area (Å²) in [6.07, 6.45) is 2.03. The van der Waals surface area contributed by atoms with Gasteiger partial charge in [0.15, 0.2) is 0 Å². The Morgan fingerprint density at radius 2 is 1.95 bits per heavy atom. The van der Waals surface area contributed by atoms with Gasteiger partial charge >= 0.3 is 0 Å². The number of hydrogen-bond acceptors (Lipinski definition) is 5. The minimum Gasteiger partial charge on any atom is -0.398 e. The molecule has 1 heterocycles. The van der Waals surface area contributed by atoms with Gasteiger partial charge in [-0.25, -0.2) is 13.1 Å². The van der Waals surface area contributed by atoms with Gasteiger partial charge in [0.05, 0.1) is 5.69 Å². The van der Waals surface area contributed by atoms with Crippen LogP contribution < -0.4 is 10.5 Å². The van der Waals surface area contributed by atoms with Crippen LogP contribution in [0.4, 0.5) is 5.69 Å². The highest BCUT2D eigenvalue weighted by atomic mass is 32.2. The van der Waals surface area contributed by atoms with Crippen molar-refractivity contribution in [3.63, 3.8) is 0 Å². The zero-order valence-electron chi connectivity index (χ0n) is 12.3. The van der Waals surface area contributed by atoms with Crippen molar-refractivity contribution in [1.29, 1.82) is 0 Å². The van der Waals surface area contributed by atoms with Crippen LogP contribution in [-0.2, 0) is 23.5 Å². The Bertz CT molecular complexity index is 752. The maximum Gasteiger partial charge on any atom is 0.242 e. The second kappa shape index (κ2) is 5.82. The van der Waals surface area contributed by atoms with Gasteiger partial charge in [-0.15, -0.1) is 10.2 Å². The molecule has 0 fully saturated rings. The molecule has 1 aromatic heterocycles. The van der Waals surface area contributed by atoms with E-state index in [1.54, 1.807) is 23.0 Å². The maximum absolute atomic E-state index is 12.3. The quantitative estimate of drug-likeness (QED) is 0.784. The second-order valence-electron chi connectivity index (χ2n) is 4.98. The molecule has 3 N–H and O–H groups in total. The number of sulfonamides is 1. The third kappa shape index (κ3) is 3.40. The predicted octanol–water partition coefficient (Wildman–Crippen LogP) is 0.535. The lowest BCUT2D eigenvalue weighted by Crippen LogP contribution is -2.27. The van der Waals surface area contributed by atoms with Gasteiger partial charge in [-0.3, -0.25) is 0 Å². The molecule has 21 heavy (non-hydrogen) atoms. The molecule has 0 aliphatic carbocycles. The Morgan fingerprint density at radius 1 is 1.29 bits per heavy atom. The van der Waals surface area contributed by atoms with Crippen molar-refractivity contribution in [2.45, 2.75) is 25.2 Å². The number of nitrogens with zero attached hydrogens (tertiary/aromatic N) is 3. The first-order valence-corrected chi connectivity index (χ1v) is 7.99. The zero-order chi connectivity index (χ0) is 15.6. The molecule has 0 atom stereocenters. The van der Waals surface area contributed by atoms with Crippen molar-refractivity contribution < 1.29 is 8.42 Å². The topological polar surface area (TPSA) is 103 Å². The van der Waals surface area contributed by atoms with Crippen LogP contribution in [0.3, 0.4) is 0 Å². The van der Waals surface area contributed by atoms with Gasteiger partial charge in [0.1, 0.15) is 17.0 Å². The van der Waals surface area contributed by atoms with Crippen LogP contribution in [0.25, 0.3) is 0 Å². The van der Waals surface area contributed by atoms with E-state index >= 15 is 0 Å². The normalized spacial score (nSPS) is 11.8. The lowest BCUT2D eigenvalue weighted by Gasteiger charge is -2.11. The van der Waals surface area contributed by atoms with E-state index < -0.39 is 10.0 Å². The van der Waals surface area contributed by atoms with E-state index in [0.29, 0.717) is 12.2 Å². The van der Waals surface area contributed by atoms with Crippen molar-refractivity contribution in [1.82, 2.24) is 19.5 Å². The summed E-state index contributed by atoms with van der Waals surface area (Å²) in [6.45, 7) is 3.98. The zero-order valence-corrected chi connectivity index (χ0v) is 13.1. The van der Waals surface area contributed by atoms with Crippen molar-refractivity contribution in [3.8, 4) is 0 Å². The first kappa shape index (κ1) is 15.5. The molecule has 8 heteroatoms. The Morgan fingerprint density at radius 3 is 2.57 bits per heavy atom. The smallest absolute Gasteiger partial charge is 0.242 e. The van der Waals surface area contributed by atoms with E-state index in [2.05, 4.69) is 14.9 Å². The summed E-state index contributed by atoms with van der Waals surface area (Å²) < 4.78 is 28.9. The van der Waals surface area contributed by atoms with Crippen LogP contribution in [-0.4, -0.2) is 29.7 Å². The molecule has 0 aliphatic heterocycles. The van der Waals surface area contributed by atoms with Crippen LogP contribution in [0.15, 0.2) is 23.4 Å². The van der Waals surface area contributed by atoms with Crippen molar-refractivity contribution in [2.24, 2.45) is 7.05 Å². The van der Waals surface area contributed by atoms with Crippen molar-refractivity contribution in [3.05, 3.63) is 35.4 Å². The number of rotatable bonds is 5. The molecule has 7 nitrogen and oxygen atoms in total. The standard InChI is InChI=1S/C13H19N5O2S/c1-9-6-11(14)12(7-10(9)2)21(19,20)16-5-4-13-17-15-8-18(13)3/h6-8,16H,4-5,14H2,1-3H3. The Hall–Kier alpha value is -1.93. The third-order valence-corrected chi connectivity index (χ3v) is 4.88. The van der Waals surface area contributed by atoms with Gasteiger partial charge in [-0.2, -0.15) is 0 Å². The molecule has 2 rings (SSSR count). The number of nitrogens with two attached hydrogens (primary N) is 1. The molecule has 0 aliphatic rings. The second-order valence-corrected chi connectivity index (χ2v) is 6.72. The first-order chi connectivity index (χ1) is 9.81. The van der Waals surface area contributed by atoms with E-state index in [1.165, 1.54) is 0 Å². The Kier molecular flexibility index (Phi) is 4.29. The number of anilines is 1. The monoisotopic (exact) mass is 309 g/mol. The van der Waals surface area contributed by atoms with Gasteiger partial charge in [0.25, 0.3) is 0 Å². The highest BCUT2D eigenvalue weighted by molar-refractivity contribution is 7.89. The van der Waals surface area contributed by atoms with Gasteiger partial charge in [0.2, 0.25) is 10.0 Å². The number of hydrogen-bond donors (Lipinski definition) is 2. The molecule has 114 valence electrons. The summed E-state index contributed by atoms with van der Waals surface area (Å²) in [5.41, 5.74) is 7.93. The maximum atomic E-state index is 12.3. The summed E-state index contributed by atoms with van der Waals surface area (Å²) in [5.74, 6) is 0.714. The van der Waals surface area contributed by atoms with Gasteiger partial charge in [-0.1, -0.05) is 0 Å². The lowest BCUT2D eigenvalue weighted by molar-refractivity contribution is 0.580. The summed E-state index contributed by atoms with van der Waals surface area (Å²) in [6, 6.07) is 3.27. The fourth-order valence-corrected chi connectivity index (χ4v) is 3.18. The van der Waals surface area contributed by atoms with E-state index in [-0.39, 0.29) is 17.1 Å². The Balaban J connectivity index is 2.12. The number of benzene rings is 1. The molecular formula is C13H19N5O2S. The number of nitrogen functional groups attached to an aromatic ring is 1. The largest absolute Gasteiger partial charge is 0.398 e. The molecule has 0 saturated carbocycles. The molecule has 0 unspecified atom stereocenters. The van der Waals surface area contributed by atoms with E-state index in [9.17, 15) is 8.42 Å². The van der Waals surface area contributed by atoms with Crippen LogP contribution in [0.1, 0.15) is 17.0 Å². The fraction of sp³-hybridized carbons (Fsp3) is 0.385. The first-order valence-electron chi connectivity index (χ1n) is 6.50. The van der Waals surface area contributed by atoms with E-state index in [1.807, 2.05) is 20.9 Å². The highest BCUT2D eigenvalue weighted by Crippen LogP contribution is 2.22. The van der Waals surface area contributed by atoms with Crippen molar-refractivity contribution in [2.75, 3.05) is 12.3 Å². The van der Waals surface area contributed by atoms with E-state index in [0.717, 1.165) is 11.1 Å². The van der Waals surface area contributed by atoms with Crippen molar-refractivity contribution >= 4 is 15.7 Å². The summed E-state index contributed by atoms with van der Waals surface area (Å²) in [7, 11) is -1.82. The van der Waals surface area contributed by atoms with Crippen LogP contribution >= 0.6 is 0 Å². The van der Waals surface area contributed by atoms with Gasteiger partial charge < -0.3 is 10.3 Å². The molecule has 0 radical (unpaired) electrons. The number of aromatic nitrogens is 3. The average molecular weight is 309 g/mol. The van der Waals surface area contributed by atoms with Crippen LogP contribution in [0, 0.1) is 13.8 Å². The fourth-order valence-electron chi connectivity index (χ4n) is 1.95. The molecule has 0 saturated heterocycles. The van der Waals surface area contributed by atoms with Crippen LogP contribution in [0.5, 0.6) is 0 Å². The molecule has 0 spiro atoms. The third-order valence-electron chi connectivity index (χ3n) is 3.36. The summed E-state index contributed by atoms with van der Waals surface area (Å²) in [5, 5.41) is 7.65. The SMILES string of the molecule is Cc1cc(N)c(S(=O)(=O)NCCc2nncn2C)cc1C. The molecule has 2 aromatic rings. The molecular weight excluding hydrogens is 290 g/mol. The summed E-state index contributed by atoms with van der Waals surface area (Å²) >= 11 is 0. The van der Waals surface area contributed by atoms with Gasteiger partial charge in [0, 0.05) is 20.0 Å². The average Bonchev–Trinajstić information content (AvgIpc) is 2.79. The number of nitrogens with one attached hydrogen (secondary N) is 1. The van der Waals surface area contributed by atoms with Gasteiger partial charge in [-0.05, 0) is 37.1 Å². The predicted molar refractivity (Wildman–Crippen MR) is 80.2 cm³/mol. The Labute approximate surface area is 124 Å². The highest BCUT2D eigenvalue weighted by Gasteiger charge is 2.18. The summed E-state index contributed by atoms with van der Waals surface area (Å²) in [4.78, 5) is 0.114. The van der Waals surface area contributed by atoms with Crippen LogP contribution in [0.2, 0.25) is 0 Å². The minimum absolute atomic E-state index is 0.114. The lowest BCUT2D eigenvalue weighted by atomic mass is 10.1. The molecule has 0 bridgehead atoms. The molecule has 1 aromatic carbocycles. The van der Waals surface area contributed by atoms with E-state index in [4.69, 9.17) is 5.73 Å².